The average molecular weight is 340 g/mol. The van der Waals surface area contributed by atoms with Crippen molar-refractivity contribution in [2.75, 3.05) is 5.32 Å². The van der Waals surface area contributed by atoms with Crippen LogP contribution >= 0.6 is 11.8 Å². The Labute approximate surface area is 133 Å². The van der Waals surface area contributed by atoms with Crippen LogP contribution in [0.2, 0.25) is 0 Å². The first-order chi connectivity index (χ1) is 10.8. The van der Waals surface area contributed by atoms with Crippen molar-refractivity contribution in [2.45, 2.75) is 10.4 Å². The summed E-state index contributed by atoms with van der Waals surface area (Å²) in [7, 11) is 0. The molecule has 120 valence electrons. The predicted molar refractivity (Wildman–Crippen MR) is 81.3 cm³/mol. The van der Waals surface area contributed by atoms with E-state index in [1.807, 2.05) is 0 Å². The maximum Gasteiger partial charge on any atom is 0.446 e. The molecule has 0 saturated carbocycles. The number of hydrogen-bond donors (Lipinski definition) is 2. The molecule has 2 rings (SSSR count). The number of primary amides is 1. The Kier molecular flexibility index (Phi) is 4.95. The molecule has 0 saturated heterocycles. The summed E-state index contributed by atoms with van der Waals surface area (Å²) in [4.78, 5) is 23.4. The number of carbonyl (C=O) groups excluding carboxylic acids is 2. The minimum Gasteiger partial charge on any atom is -0.366 e. The van der Waals surface area contributed by atoms with Gasteiger partial charge in [0.05, 0.1) is 11.3 Å². The van der Waals surface area contributed by atoms with Crippen LogP contribution in [0.5, 0.6) is 0 Å². The van der Waals surface area contributed by atoms with Crippen molar-refractivity contribution < 1.29 is 22.8 Å². The SMILES string of the molecule is NC(=O)c1ccccc1NC(=O)c1ccc(SC(F)(F)F)cc1. The molecule has 2 aromatic rings. The van der Waals surface area contributed by atoms with Gasteiger partial charge in [-0.15, -0.1) is 0 Å². The van der Waals surface area contributed by atoms with Gasteiger partial charge in [0.2, 0.25) is 0 Å². The van der Waals surface area contributed by atoms with Gasteiger partial charge >= 0.3 is 5.51 Å². The number of thioether (sulfide) groups is 1. The Bertz CT molecular complexity index is 730. The molecule has 0 atom stereocenters. The molecule has 23 heavy (non-hydrogen) atoms. The summed E-state index contributed by atoms with van der Waals surface area (Å²) in [6.45, 7) is 0. The fourth-order valence-corrected chi connectivity index (χ4v) is 2.35. The Morgan fingerprint density at radius 2 is 1.61 bits per heavy atom. The predicted octanol–water partition coefficient (Wildman–Crippen LogP) is 3.65. The third kappa shape index (κ3) is 4.75. The number of nitrogens with one attached hydrogen (secondary N) is 1. The minimum atomic E-state index is -4.38. The molecular weight excluding hydrogens is 329 g/mol. The number of carbonyl (C=O) groups is 2. The third-order valence-corrected chi connectivity index (χ3v) is 3.53. The first kappa shape index (κ1) is 16.9. The van der Waals surface area contributed by atoms with E-state index in [0.29, 0.717) is 0 Å². The van der Waals surface area contributed by atoms with Crippen LogP contribution in [0.15, 0.2) is 53.4 Å². The van der Waals surface area contributed by atoms with E-state index in [0.717, 1.165) is 0 Å². The van der Waals surface area contributed by atoms with E-state index in [1.54, 1.807) is 12.1 Å². The van der Waals surface area contributed by atoms with Gasteiger partial charge in [0, 0.05) is 10.5 Å². The fourth-order valence-electron chi connectivity index (χ4n) is 1.81. The van der Waals surface area contributed by atoms with Crippen molar-refractivity contribution in [2.24, 2.45) is 5.73 Å². The largest absolute Gasteiger partial charge is 0.446 e. The standard InChI is InChI=1S/C15H11F3N2O2S/c16-15(17,18)23-10-7-5-9(6-8-10)14(22)20-12-4-2-1-3-11(12)13(19)21/h1-8H,(H2,19,21)(H,20,22). The molecule has 0 bridgehead atoms. The first-order valence-corrected chi connectivity index (χ1v) is 7.14. The van der Waals surface area contributed by atoms with Crippen LogP contribution in [0.25, 0.3) is 0 Å². The summed E-state index contributed by atoms with van der Waals surface area (Å²) in [6.07, 6.45) is 0. The zero-order chi connectivity index (χ0) is 17.0. The molecule has 0 spiro atoms. The van der Waals surface area contributed by atoms with Gasteiger partial charge in [-0.25, -0.2) is 0 Å². The lowest BCUT2D eigenvalue weighted by Gasteiger charge is -2.09. The van der Waals surface area contributed by atoms with Gasteiger partial charge in [-0.2, -0.15) is 13.2 Å². The minimum absolute atomic E-state index is 0.0217. The highest BCUT2D eigenvalue weighted by Crippen LogP contribution is 2.36. The van der Waals surface area contributed by atoms with E-state index in [-0.39, 0.29) is 33.5 Å². The van der Waals surface area contributed by atoms with Gasteiger partial charge in [-0.05, 0) is 48.2 Å². The first-order valence-electron chi connectivity index (χ1n) is 6.32. The van der Waals surface area contributed by atoms with Crippen LogP contribution in [0.3, 0.4) is 0 Å². The van der Waals surface area contributed by atoms with Crippen LogP contribution in [0.1, 0.15) is 20.7 Å². The van der Waals surface area contributed by atoms with Gasteiger partial charge in [-0.1, -0.05) is 12.1 Å². The molecule has 2 aromatic carbocycles. The molecule has 8 heteroatoms. The molecular formula is C15H11F3N2O2S. The summed E-state index contributed by atoms with van der Waals surface area (Å²) >= 11 is -0.261. The monoisotopic (exact) mass is 340 g/mol. The molecule has 0 unspecified atom stereocenters. The van der Waals surface area contributed by atoms with Crippen LogP contribution in [-0.2, 0) is 0 Å². The van der Waals surface area contributed by atoms with E-state index in [4.69, 9.17) is 5.73 Å². The molecule has 0 aliphatic heterocycles. The number of nitrogens with two attached hydrogens (primary N) is 1. The summed E-state index contributed by atoms with van der Waals surface area (Å²) in [6, 6.07) is 11.1. The number of benzene rings is 2. The summed E-state index contributed by atoms with van der Waals surface area (Å²) in [5.74, 6) is -1.25. The number of para-hydroxylation sites is 1. The molecule has 2 amide bonds. The number of halogens is 3. The number of rotatable bonds is 4. The highest BCUT2D eigenvalue weighted by molar-refractivity contribution is 8.00. The molecule has 0 fully saturated rings. The topological polar surface area (TPSA) is 72.2 Å². The molecule has 0 aliphatic rings. The zero-order valence-electron chi connectivity index (χ0n) is 11.6. The second kappa shape index (κ2) is 6.74. The second-order valence-electron chi connectivity index (χ2n) is 4.44. The average Bonchev–Trinajstić information content (AvgIpc) is 2.46. The van der Waals surface area contributed by atoms with Crippen molar-refractivity contribution in [3.8, 4) is 0 Å². The fraction of sp³-hybridized carbons (Fsp3) is 0.0667. The van der Waals surface area contributed by atoms with Crippen LogP contribution in [0, 0.1) is 0 Å². The Balaban J connectivity index is 2.14. The summed E-state index contributed by atoms with van der Waals surface area (Å²) in [5.41, 5.74) is 1.36. The number of amides is 2. The molecule has 0 aromatic heterocycles. The van der Waals surface area contributed by atoms with Crippen molar-refractivity contribution in [3.63, 3.8) is 0 Å². The molecule has 0 radical (unpaired) electrons. The van der Waals surface area contributed by atoms with Crippen LogP contribution < -0.4 is 11.1 Å². The lowest BCUT2D eigenvalue weighted by Crippen LogP contribution is -2.18. The van der Waals surface area contributed by atoms with Gasteiger partial charge in [-0.3, -0.25) is 9.59 Å². The zero-order valence-corrected chi connectivity index (χ0v) is 12.4. The second-order valence-corrected chi connectivity index (χ2v) is 5.57. The van der Waals surface area contributed by atoms with Gasteiger partial charge in [0.1, 0.15) is 0 Å². The number of alkyl halides is 3. The highest BCUT2D eigenvalue weighted by Gasteiger charge is 2.29. The van der Waals surface area contributed by atoms with Crippen molar-refractivity contribution in [1.29, 1.82) is 0 Å². The van der Waals surface area contributed by atoms with Gasteiger partial charge in [0.25, 0.3) is 11.8 Å². The van der Waals surface area contributed by atoms with Crippen molar-refractivity contribution in [3.05, 3.63) is 59.7 Å². The highest BCUT2D eigenvalue weighted by atomic mass is 32.2. The molecule has 3 N–H and O–H groups in total. The summed E-state index contributed by atoms with van der Waals surface area (Å²) < 4.78 is 36.7. The number of hydrogen-bond acceptors (Lipinski definition) is 3. The maximum absolute atomic E-state index is 12.2. The maximum atomic E-state index is 12.2. The van der Waals surface area contributed by atoms with E-state index < -0.39 is 17.3 Å². The quantitative estimate of drug-likeness (QED) is 0.835. The van der Waals surface area contributed by atoms with Crippen molar-refractivity contribution >= 4 is 29.3 Å². The van der Waals surface area contributed by atoms with E-state index in [2.05, 4.69) is 5.32 Å². The van der Waals surface area contributed by atoms with Crippen LogP contribution in [0.4, 0.5) is 18.9 Å². The Morgan fingerprint density at radius 1 is 1.00 bits per heavy atom. The molecule has 0 aliphatic carbocycles. The summed E-state index contributed by atoms with van der Waals surface area (Å²) in [5, 5.41) is 2.51. The van der Waals surface area contributed by atoms with E-state index in [9.17, 15) is 22.8 Å². The smallest absolute Gasteiger partial charge is 0.366 e. The number of anilines is 1. The Morgan fingerprint density at radius 3 is 2.17 bits per heavy atom. The third-order valence-electron chi connectivity index (χ3n) is 2.79. The van der Waals surface area contributed by atoms with Gasteiger partial charge < -0.3 is 11.1 Å². The molecule has 0 heterocycles. The van der Waals surface area contributed by atoms with E-state index in [1.165, 1.54) is 36.4 Å². The van der Waals surface area contributed by atoms with Crippen molar-refractivity contribution in [1.82, 2.24) is 0 Å². The van der Waals surface area contributed by atoms with Gasteiger partial charge in [0.15, 0.2) is 0 Å². The van der Waals surface area contributed by atoms with Crippen LogP contribution in [-0.4, -0.2) is 17.3 Å². The normalized spacial score (nSPS) is 11.1. The lowest BCUT2D eigenvalue weighted by atomic mass is 10.1. The molecule has 4 nitrogen and oxygen atoms in total. The lowest BCUT2D eigenvalue weighted by molar-refractivity contribution is -0.0328. The van der Waals surface area contributed by atoms with E-state index >= 15 is 0 Å². The Hall–Kier alpha value is -2.48.